The number of benzene rings is 2. The first-order valence-corrected chi connectivity index (χ1v) is 9.44. The van der Waals surface area contributed by atoms with Gasteiger partial charge in [-0.05, 0) is 54.3 Å². The molecule has 0 unspecified atom stereocenters. The van der Waals surface area contributed by atoms with Crippen LogP contribution >= 0.6 is 0 Å². The van der Waals surface area contributed by atoms with Crippen LogP contribution in [0.5, 0.6) is 5.75 Å². The van der Waals surface area contributed by atoms with Crippen molar-refractivity contribution in [3.63, 3.8) is 0 Å². The van der Waals surface area contributed by atoms with Crippen LogP contribution in [0.25, 0.3) is 22.6 Å². The number of furan rings is 1. The Bertz CT molecular complexity index is 999. The average molecular weight is 360 g/mol. The number of imidazole rings is 1. The summed E-state index contributed by atoms with van der Waals surface area (Å²) in [6, 6.07) is 20.4. The van der Waals surface area contributed by atoms with Gasteiger partial charge < -0.3 is 13.7 Å². The Labute approximate surface area is 159 Å². The molecule has 27 heavy (non-hydrogen) atoms. The molecule has 0 amide bonds. The monoisotopic (exact) mass is 360 g/mol. The zero-order chi connectivity index (χ0) is 18.6. The van der Waals surface area contributed by atoms with Gasteiger partial charge in [-0.3, -0.25) is 0 Å². The summed E-state index contributed by atoms with van der Waals surface area (Å²) in [5.41, 5.74) is 3.43. The number of aromatic nitrogens is 2. The van der Waals surface area contributed by atoms with Crippen molar-refractivity contribution in [3.8, 4) is 17.3 Å². The van der Waals surface area contributed by atoms with Gasteiger partial charge in [0.25, 0.3) is 0 Å². The summed E-state index contributed by atoms with van der Waals surface area (Å²) in [7, 11) is 0. The lowest BCUT2D eigenvalue weighted by atomic mass is 10.0. The molecule has 0 atom stereocenters. The van der Waals surface area contributed by atoms with E-state index in [1.807, 2.05) is 30.3 Å². The average Bonchev–Trinajstić information content (AvgIpc) is 3.33. The maximum Gasteiger partial charge on any atom is 0.177 e. The van der Waals surface area contributed by atoms with E-state index in [2.05, 4.69) is 48.7 Å². The van der Waals surface area contributed by atoms with E-state index in [1.165, 1.54) is 5.56 Å². The number of fused-ring (bicyclic) bond motifs is 1. The highest BCUT2D eigenvalue weighted by Gasteiger charge is 2.14. The molecule has 2 aromatic carbocycles. The molecule has 4 nitrogen and oxygen atoms in total. The lowest BCUT2D eigenvalue weighted by molar-refractivity contribution is 0.302. The summed E-state index contributed by atoms with van der Waals surface area (Å²) in [4.78, 5) is 4.75. The Morgan fingerprint density at radius 1 is 1.00 bits per heavy atom. The van der Waals surface area contributed by atoms with Gasteiger partial charge >= 0.3 is 0 Å². The lowest BCUT2D eigenvalue weighted by Gasteiger charge is -2.11. The third kappa shape index (κ3) is 3.75. The molecule has 0 aliphatic heterocycles. The van der Waals surface area contributed by atoms with Gasteiger partial charge in [0.05, 0.1) is 23.9 Å². The topological polar surface area (TPSA) is 40.2 Å². The van der Waals surface area contributed by atoms with E-state index in [1.54, 1.807) is 6.26 Å². The molecule has 0 aliphatic carbocycles. The second-order valence-corrected chi connectivity index (χ2v) is 6.98. The number of para-hydroxylation sites is 2. The molecule has 4 heteroatoms. The van der Waals surface area contributed by atoms with Crippen LogP contribution in [0.15, 0.2) is 71.3 Å². The molecule has 0 spiro atoms. The molecule has 2 aromatic heterocycles. The molecule has 0 radical (unpaired) electrons. The first-order chi connectivity index (χ1) is 13.2. The Morgan fingerprint density at radius 2 is 1.81 bits per heavy atom. The summed E-state index contributed by atoms with van der Waals surface area (Å²) in [5, 5.41) is 0. The van der Waals surface area contributed by atoms with Crippen LogP contribution in [0.4, 0.5) is 0 Å². The molecule has 2 heterocycles. The van der Waals surface area contributed by atoms with Crippen molar-refractivity contribution in [2.75, 3.05) is 6.61 Å². The van der Waals surface area contributed by atoms with Gasteiger partial charge in [0, 0.05) is 6.54 Å². The zero-order valence-electron chi connectivity index (χ0n) is 15.8. The first-order valence-electron chi connectivity index (χ1n) is 9.44. The number of rotatable bonds is 7. The predicted molar refractivity (Wildman–Crippen MR) is 108 cm³/mol. The van der Waals surface area contributed by atoms with Crippen LogP contribution in [0.2, 0.25) is 0 Å². The van der Waals surface area contributed by atoms with Gasteiger partial charge in [0.15, 0.2) is 11.6 Å². The van der Waals surface area contributed by atoms with Crippen LogP contribution in [-0.4, -0.2) is 16.2 Å². The van der Waals surface area contributed by atoms with E-state index in [0.717, 1.165) is 41.3 Å². The molecule has 138 valence electrons. The molecule has 0 saturated heterocycles. The summed E-state index contributed by atoms with van der Waals surface area (Å²) in [6.45, 7) is 5.87. The summed E-state index contributed by atoms with van der Waals surface area (Å²) in [5.74, 6) is 3.11. The van der Waals surface area contributed by atoms with Crippen LogP contribution in [-0.2, 0) is 6.54 Å². The normalized spacial score (nSPS) is 11.4. The van der Waals surface area contributed by atoms with Crippen molar-refractivity contribution in [1.82, 2.24) is 9.55 Å². The van der Waals surface area contributed by atoms with E-state index in [4.69, 9.17) is 14.1 Å². The summed E-state index contributed by atoms with van der Waals surface area (Å²) < 4.78 is 13.7. The number of aryl methyl sites for hydroxylation is 1. The molecule has 4 rings (SSSR count). The van der Waals surface area contributed by atoms with Crippen LogP contribution in [0.1, 0.15) is 31.7 Å². The number of hydrogen-bond donors (Lipinski definition) is 0. The Hall–Kier alpha value is -3.01. The van der Waals surface area contributed by atoms with Crippen LogP contribution in [0.3, 0.4) is 0 Å². The second-order valence-electron chi connectivity index (χ2n) is 6.98. The predicted octanol–water partition coefficient (Wildman–Crippen LogP) is 5.89. The van der Waals surface area contributed by atoms with Gasteiger partial charge in [-0.2, -0.15) is 0 Å². The zero-order valence-corrected chi connectivity index (χ0v) is 15.8. The van der Waals surface area contributed by atoms with E-state index in [-0.39, 0.29) is 0 Å². The molecular formula is C23H24N2O2. The van der Waals surface area contributed by atoms with Gasteiger partial charge in [-0.15, -0.1) is 0 Å². The molecule has 0 aliphatic rings. The SMILES string of the molecule is CC(C)c1ccc(OCCCn2c(-c3ccco3)nc3ccccc32)cc1. The molecular weight excluding hydrogens is 336 g/mol. The third-order valence-corrected chi connectivity index (χ3v) is 4.74. The van der Waals surface area contributed by atoms with Crippen molar-refractivity contribution in [2.45, 2.75) is 32.7 Å². The minimum absolute atomic E-state index is 0.536. The van der Waals surface area contributed by atoms with E-state index >= 15 is 0 Å². The molecule has 4 aromatic rings. The number of hydrogen-bond acceptors (Lipinski definition) is 3. The highest BCUT2D eigenvalue weighted by Crippen LogP contribution is 2.25. The first kappa shape index (κ1) is 17.4. The lowest BCUT2D eigenvalue weighted by Crippen LogP contribution is -2.06. The van der Waals surface area contributed by atoms with Gasteiger partial charge in [0.2, 0.25) is 0 Å². The van der Waals surface area contributed by atoms with E-state index in [9.17, 15) is 0 Å². The van der Waals surface area contributed by atoms with Crippen molar-refractivity contribution in [3.05, 3.63) is 72.5 Å². The second kappa shape index (κ2) is 7.70. The molecule has 0 N–H and O–H groups in total. The summed E-state index contributed by atoms with van der Waals surface area (Å²) >= 11 is 0. The van der Waals surface area contributed by atoms with Crippen molar-refractivity contribution >= 4 is 11.0 Å². The highest BCUT2D eigenvalue weighted by atomic mass is 16.5. The third-order valence-electron chi connectivity index (χ3n) is 4.74. The Kier molecular flexibility index (Phi) is 4.97. The molecule has 0 saturated carbocycles. The molecule has 0 fully saturated rings. The fourth-order valence-electron chi connectivity index (χ4n) is 3.26. The minimum atomic E-state index is 0.536. The van der Waals surface area contributed by atoms with Crippen molar-refractivity contribution in [1.29, 1.82) is 0 Å². The van der Waals surface area contributed by atoms with Crippen LogP contribution in [0, 0.1) is 0 Å². The van der Waals surface area contributed by atoms with Gasteiger partial charge in [0.1, 0.15) is 5.75 Å². The fraction of sp³-hybridized carbons (Fsp3) is 0.261. The summed E-state index contributed by atoms with van der Waals surface area (Å²) in [6.07, 6.45) is 2.57. The minimum Gasteiger partial charge on any atom is -0.494 e. The van der Waals surface area contributed by atoms with E-state index in [0.29, 0.717) is 12.5 Å². The van der Waals surface area contributed by atoms with Crippen LogP contribution < -0.4 is 4.74 Å². The van der Waals surface area contributed by atoms with Gasteiger partial charge in [-0.25, -0.2) is 4.98 Å². The number of ether oxygens (including phenoxy) is 1. The van der Waals surface area contributed by atoms with Crippen molar-refractivity contribution in [2.24, 2.45) is 0 Å². The molecule has 0 bridgehead atoms. The highest BCUT2D eigenvalue weighted by molar-refractivity contribution is 5.79. The maximum atomic E-state index is 5.92. The fourth-order valence-corrected chi connectivity index (χ4v) is 3.26. The number of nitrogens with zero attached hydrogens (tertiary/aromatic N) is 2. The maximum absolute atomic E-state index is 5.92. The Morgan fingerprint density at radius 3 is 2.56 bits per heavy atom. The van der Waals surface area contributed by atoms with Crippen molar-refractivity contribution < 1.29 is 9.15 Å². The smallest absolute Gasteiger partial charge is 0.177 e. The Balaban J connectivity index is 1.45. The largest absolute Gasteiger partial charge is 0.494 e. The van der Waals surface area contributed by atoms with Gasteiger partial charge in [-0.1, -0.05) is 38.1 Å². The van der Waals surface area contributed by atoms with E-state index < -0.39 is 0 Å². The standard InChI is InChI=1S/C23H24N2O2/c1-17(2)18-10-12-19(13-11-18)26-16-6-14-25-21-8-4-3-7-20(21)24-23(25)22-9-5-15-27-22/h3-5,7-13,15,17H,6,14,16H2,1-2H3. The quantitative estimate of drug-likeness (QED) is 0.386.